The Morgan fingerprint density at radius 1 is 1.11 bits per heavy atom. The Morgan fingerprint density at radius 2 is 1.81 bits per heavy atom. The van der Waals surface area contributed by atoms with Gasteiger partial charge in [-0.2, -0.15) is 0 Å². The molecule has 0 bridgehead atoms. The molecule has 3 N–H and O–H groups in total. The van der Waals surface area contributed by atoms with Crippen LogP contribution in [-0.2, 0) is 11.3 Å². The van der Waals surface area contributed by atoms with Gasteiger partial charge in [0.1, 0.15) is 0 Å². The second kappa shape index (κ2) is 11.1. The summed E-state index contributed by atoms with van der Waals surface area (Å²) in [5, 5.41) is 9.68. The number of nitrogens with zero attached hydrogens (tertiary/aromatic N) is 1. The smallest absolute Gasteiger partial charge is 0.411 e. The minimum Gasteiger partial charge on any atom is -0.453 e. The fourth-order valence-electron chi connectivity index (χ4n) is 2.29. The molecule has 144 valence electrons. The van der Waals surface area contributed by atoms with E-state index < -0.39 is 6.09 Å². The van der Waals surface area contributed by atoms with Gasteiger partial charge in [0, 0.05) is 36.0 Å². The van der Waals surface area contributed by atoms with Gasteiger partial charge >= 0.3 is 6.09 Å². The van der Waals surface area contributed by atoms with Crippen molar-refractivity contribution >= 4 is 29.5 Å². The van der Waals surface area contributed by atoms with E-state index in [0.717, 1.165) is 18.1 Å². The van der Waals surface area contributed by atoms with Gasteiger partial charge < -0.3 is 15.4 Å². The van der Waals surface area contributed by atoms with E-state index in [-0.39, 0.29) is 0 Å². The normalized spacial score (nSPS) is 12.2. The zero-order chi connectivity index (χ0) is 19.5. The number of aliphatic imine (C=N–C) groups is 1. The molecule has 0 spiro atoms. The van der Waals surface area contributed by atoms with E-state index in [1.54, 1.807) is 7.05 Å². The monoisotopic (exact) mass is 386 g/mol. The molecule has 2 rings (SSSR count). The number of nitrogens with one attached hydrogen (secondary N) is 3. The van der Waals surface area contributed by atoms with E-state index in [0.29, 0.717) is 17.5 Å². The van der Waals surface area contributed by atoms with Crippen LogP contribution in [0.1, 0.15) is 12.5 Å². The standard InChI is InChI=1S/C20H26N4O2S/c1-15(27-18-7-5-4-6-8-18)13-22-19(21-2)23-14-16-9-11-17(12-10-16)24-20(25)26-3/h4-12,15H,13-14H2,1-3H3,(H,24,25)(H2,21,22,23). The van der Waals surface area contributed by atoms with Gasteiger partial charge in [-0.05, 0) is 29.8 Å². The molecule has 0 aliphatic heterocycles. The van der Waals surface area contributed by atoms with Gasteiger partial charge in [-0.1, -0.05) is 37.3 Å². The van der Waals surface area contributed by atoms with Crippen LogP contribution in [0.15, 0.2) is 64.5 Å². The van der Waals surface area contributed by atoms with Crippen molar-refractivity contribution in [3.05, 3.63) is 60.2 Å². The lowest BCUT2D eigenvalue weighted by molar-refractivity contribution is 0.187. The van der Waals surface area contributed by atoms with E-state index >= 15 is 0 Å². The summed E-state index contributed by atoms with van der Waals surface area (Å²) in [5.74, 6) is 0.757. The zero-order valence-electron chi connectivity index (χ0n) is 15.9. The topological polar surface area (TPSA) is 74.8 Å². The Balaban J connectivity index is 1.75. The van der Waals surface area contributed by atoms with Gasteiger partial charge in [0.2, 0.25) is 0 Å². The summed E-state index contributed by atoms with van der Waals surface area (Å²) in [5.41, 5.74) is 1.78. The first-order valence-corrected chi connectivity index (χ1v) is 9.59. The molecule has 0 heterocycles. The SMILES string of the molecule is CN=C(NCc1ccc(NC(=O)OC)cc1)NCC(C)Sc1ccccc1. The fraction of sp³-hybridized carbons (Fsp3) is 0.300. The molecular formula is C20H26N4O2S. The summed E-state index contributed by atoms with van der Waals surface area (Å²) < 4.78 is 4.57. The third-order valence-electron chi connectivity index (χ3n) is 3.71. The number of methoxy groups -OCH3 is 1. The number of thioether (sulfide) groups is 1. The van der Waals surface area contributed by atoms with E-state index in [1.165, 1.54) is 12.0 Å². The molecule has 1 unspecified atom stereocenters. The highest BCUT2D eigenvalue weighted by Crippen LogP contribution is 2.21. The summed E-state index contributed by atoms with van der Waals surface area (Å²) in [6, 6.07) is 17.9. The minimum atomic E-state index is -0.479. The molecule has 0 aliphatic carbocycles. The Morgan fingerprint density at radius 3 is 2.44 bits per heavy atom. The Bertz CT molecular complexity index is 735. The van der Waals surface area contributed by atoms with Crippen LogP contribution in [0.2, 0.25) is 0 Å². The molecule has 0 fully saturated rings. The first-order valence-electron chi connectivity index (χ1n) is 8.71. The lowest BCUT2D eigenvalue weighted by atomic mass is 10.2. The van der Waals surface area contributed by atoms with Crippen LogP contribution in [-0.4, -0.2) is 38.0 Å². The van der Waals surface area contributed by atoms with Crippen molar-refractivity contribution in [2.75, 3.05) is 26.0 Å². The van der Waals surface area contributed by atoms with Crippen LogP contribution in [0.3, 0.4) is 0 Å². The zero-order valence-corrected chi connectivity index (χ0v) is 16.7. The quantitative estimate of drug-likeness (QED) is 0.384. The third-order valence-corrected chi connectivity index (χ3v) is 4.82. The lowest BCUT2D eigenvalue weighted by Gasteiger charge is -2.16. The second-order valence-electron chi connectivity index (χ2n) is 5.86. The van der Waals surface area contributed by atoms with Crippen LogP contribution in [0.25, 0.3) is 0 Å². The number of guanidine groups is 1. The Labute approximate surface area is 164 Å². The number of carbonyl (C=O) groups is 1. The van der Waals surface area contributed by atoms with Crippen molar-refractivity contribution in [2.24, 2.45) is 4.99 Å². The molecule has 27 heavy (non-hydrogen) atoms. The maximum atomic E-state index is 11.2. The maximum Gasteiger partial charge on any atom is 0.411 e. The van der Waals surface area contributed by atoms with Crippen molar-refractivity contribution in [2.45, 2.75) is 23.6 Å². The van der Waals surface area contributed by atoms with Gasteiger partial charge in [0.15, 0.2) is 5.96 Å². The highest BCUT2D eigenvalue weighted by atomic mass is 32.2. The van der Waals surface area contributed by atoms with Crippen LogP contribution < -0.4 is 16.0 Å². The molecule has 0 radical (unpaired) electrons. The summed E-state index contributed by atoms with van der Waals surface area (Å²) in [4.78, 5) is 16.7. The Hall–Kier alpha value is -2.67. The van der Waals surface area contributed by atoms with Crippen molar-refractivity contribution in [3.8, 4) is 0 Å². The molecule has 2 aromatic carbocycles. The van der Waals surface area contributed by atoms with Crippen molar-refractivity contribution in [3.63, 3.8) is 0 Å². The van der Waals surface area contributed by atoms with Gasteiger partial charge in [-0.15, -0.1) is 11.8 Å². The van der Waals surface area contributed by atoms with Gasteiger partial charge in [-0.3, -0.25) is 10.3 Å². The predicted octanol–water partition coefficient (Wildman–Crippen LogP) is 3.71. The molecule has 2 aromatic rings. The van der Waals surface area contributed by atoms with Crippen molar-refractivity contribution in [1.82, 2.24) is 10.6 Å². The van der Waals surface area contributed by atoms with E-state index in [9.17, 15) is 4.79 Å². The molecule has 7 heteroatoms. The second-order valence-corrected chi connectivity index (χ2v) is 7.37. The largest absolute Gasteiger partial charge is 0.453 e. The molecule has 6 nitrogen and oxygen atoms in total. The predicted molar refractivity (Wildman–Crippen MR) is 112 cm³/mol. The molecular weight excluding hydrogens is 360 g/mol. The lowest BCUT2D eigenvalue weighted by Crippen LogP contribution is -2.39. The average Bonchev–Trinajstić information content (AvgIpc) is 2.70. The number of amides is 1. The van der Waals surface area contributed by atoms with Crippen LogP contribution >= 0.6 is 11.8 Å². The van der Waals surface area contributed by atoms with E-state index in [1.807, 2.05) is 42.1 Å². The third kappa shape index (κ3) is 7.62. The molecule has 0 aliphatic rings. The van der Waals surface area contributed by atoms with Crippen LogP contribution in [0, 0.1) is 0 Å². The highest BCUT2D eigenvalue weighted by Gasteiger charge is 2.06. The number of hydrogen-bond donors (Lipinski definition) is 3. The number of carbonyl (C=O) groups excluding carboxylic acids is 1. The van der Waals surface area contributed by atoms with Crippen LogP contribution in [0.5, 0.6) is 0 Å². The molecule has 0 aromatic heterocycles. The number of rotatable bonds is 7. The first kappa shape index (κ1) is 20.6. The van der Waals surface area contributed by atoms with Crippen molar-refractivity contribution in [1.29, 1.82) is 0 Å². The average molecular weight is 387 g/mol. The summed E-state index contributed by atoms with van der Waals surface area (Å²) in [6.45, 7) is 3.63. The fourth-order valence-corrected chi connectivity index (χ4v) is 3.24. The van der Waals surface area contributed by atoms with E-state index in [2.05, 4.69) is 56.9 Å². The van der Waals surface area contributed by atoms with E-state index in [4.69, 9.17) is 0 Å². The molecule has 0 saturated carbocycles. The first-order chi connectivity index (χ1) is 13.1. The summed E-state index contributed by atoms with van der Waals surface area (Å²) in [6.07, 6.45) is -0.479. The number of hydrogen-bond acceptors (Lipinski definition) is 4. The summed E-state index contributed by atoms with van der Waals surface area (Å²) in [7, 11) is 3.10. The molecule has 1 atom stereocenters. The van der Waals surface area contributed by atoms with Crippen LogP contribution in [0.4, 0.5) is 10.5 Å². The van der Waals surface area contributed by atoms with Crippen molar-refractivity contribution < 1.29 is 9.53 Å². The number of ether oxygens (including phenoxy) is 1. The Kier molecular flexibility index (Phi) is 8.51. The maximum absolute atomic E-state index is 11.2. The minimum absolute atomic E-state index is 0.412. The molecule has 0 saturated heterocycles. The highest BCUT2D eigenvalue weighted by molar-refractivity contribution is 8.00. The molecule has 1 amide bonds. The van der Waals surface area contributed by atoms with Gasteiger partial charge in [-0.25, -0.2) is 4.79 Å². The van der Waals surface area contributed by atoms with Gasteiger partial charge in [0.25, 0.3) is 0 Å². The van der Waals surface area contributed by atoms with Gasteiger partial charge in [0.05, 0.1) is 7.11 Å². The summed E-state index contributed by atoms with van der Waals surface area (Å²) >= 11 is 1.83. The number of anilines is 1. The number of benzene rings is 2.